The Kier molecular flexibility index (Phi) is 4.66. The smallest absolute Gasteiger partial charge is 0.222 e. The van der Waals surface area contributed by atoms with Gasteiger partial charge in [0.15, 0.2) is 0 Å². The van der Waals surface area contributed by atoms with Gasteiger partial charge in [-0.15, -0.1) is 0 Å². The zero-order chi connectivity index (χ0) is 13.0. The van der Waals surface area contributed by atoms with Crippen molar-refractivity contribution in [2.45, 2.75) is 76.3 Å². The number of amides is 1. The number of nitrogens with one attached hydrogen (secondary N) is 2. The molecular formula is C15H28N2O. The average molecular weight is 252 g/mol. The minimum Gasteiger partial charge on any atom is -0.353 e. The van der Waals surface area contributed by atoms with Crippen LogP contribution in [-0.2, 0) is 4.79 Å². The zero-order valence-electron chi connectivity index (χ0n) is 11.9. The molecule has 2 saturated carbocycles. The second-order valence-corrected chi connectivity index (χ2v) is 6.31. The van der Waals surface area contributed by atoms with Crippen molar-refractivity contribution in [3.05, 3.63) is 0 Å². The molecule has 0 aromatic heterocycles. The van der Waals surface area contributed by atoms with Gasteiger partial charge in [0.2, 0.25) is 5.91 Å². The third-order valence-corrected chi connectivity index (χ3v) is 5.09. The van der Waals surface area contributed by atoms with Gasteiger partial charge in [0.25, 0.3) is 0 Å². The summed E-state index contributed by atoms with van der Waals surface area (Å²) < 4.78 is 0. The Morgan fingerprint density at radius 3 is 2.39 bits per heavy atom. The summed E-state index contributed by atoms with van der Waals surface area (Å²) in [5, 5.41) is 6.63. The van der Waals surface area contributed by atoms with Crippen LogP contribution >= 0.6 is 0 Å². The molecule has 0 bridgehead atoms. The fourth-order valence-corrected chi connectivity index (χ4v) is 3.41. The molecule has 3 heteroatoms. The molecule has 2 fully saturated rings. The average Bonchev–Trinajstić information content (AvgIpc) is 2.27. The van der Waals surface area contributed by atoms with Crippen LogP contribution in [0.5, 0.6) is 0 Å². The highest BCUT2D eigenvalue weighted by molar-refractivity contribution is 5.77. The Hall–Kier alpha value is -0.570. The zero-order valence-corrected chi connectivity index (χ0v) is 11.9. The van der Waals surface area contributed by atoms with Gasteiger partial charge in [-0.2, -0.15) is 0 Å². The molecule has 0 saturated heterocycles. The minimum absolute atomic E-state index is 0.0711. The van der Waals surface area contributed by atoms with E-state index in [1.165, 1.54) is 38.5 Å². The number of carbonyl (C=O) groups is 1. The fraction of sp³-hybridized carbons (Fsp3) is 0.933. The van der Waals surface area contributed by atoms with Gasteiger partial charge in [0.1, 0.15) is 0 Å². The van der Waals surface area contributed by atoms with E-state index in [1.807, 2.05) is 7.05 Å². The molecule has 0 radical (unpaired) electrons. The first-order chi connectivity index (χ1) is 8.65. The number of rotatable bonds is 5. The predicted octanol–water partition coefficient (Wildman–Crippen LogP) is 2.60. The Morgan fingerprint density at radius 1 is 1.22 bits per heavy atom. The van der Waals surface area contributed by atoms with E-state index >= 15 is 0 Å². The SMILES string of the molecule is CNC1(CC(=O)NC(C)C2CCC2)CCCCC1. The highest BCUT2D eigenvalue weighted by atomic mass is 16.1. The summed E-state index contributed by atoms with van der Waals surface area (Å²) in [5.41, 5.74) is 0.0711. The molecule has 1 atom stereocenters. The summed E-state index contributed by atoms with van der Waals surface area (Å²) >= 11 is 0. The van der Waals surface area contributed by atoms with Crippen molar-refractivity contribution in [2.75, 3.05) is 7.05 Å². The molecule has 2 aliphatic rings. The second-order valence-electron chi connectivity index (χ2n) is 6.31. The quantitative estimate of drug-likeness (QED) is 0.789. The summed E-state index contributed by atoms with van der Waals surface area (Å²) in [6.45, 7) is 2.16. The van der Waals surface area contributed by atoms with Gasteiger partial charge in [-0.3, -0.25) is 4.79 Å². The van der Waals surface area contributed by atoms with Gasteiger partial charge in [-0.25, -0.2) is 0 Å². The summed E-state index contributed by atoms with van der Waals surface area (Å²) in [6.07, 6.45) is 10.7. The summed E-state index contributed by atoms with van der Waals surface area (Å²) in [4.78, 5) is 12.2. The van der Waals surface area contributed by atoms with E-state index in [0.29, 0.717) is 12.5 Å². The molecule has 104 valence electrons. The fourth-order valence-electron chi connectivity index (χ4n) is 3.41. The van der Waals surface area contributed by atoms with Gasteiger partial charge in [-0.05, 0) is 45.6 Å². The third kappa shape index (κ3) is 3.25. The molecule has 0 heterocycles. The first-order valence-electron chi connectivity index (χ1n) is 7.63. The molecule has 0 aromatic carbocycles. The molecular weight excluding hydrogens is 224 g/mol. The Labute approximate surface area is 111 Å². The van der Waals surface area contributed by atoms with Gasteiger partial charge < -0.3 is 10.6 Å². The largest absolute Gasteiger partial charge is 0.353 e. The van der Waals surface area contributed by atoms with E-state index in [1.54, 1.807) is 0 Å². The van der Waals surface area contributed by atoms with Crippen LogP contribution in [-0.4, -0.2) is 24.5 Å². The maximum Gasteiger partial charge on any atom is 0.222 e. The van der Waals surface area contributed by atoms with Crippen LogP contribution in [0.1, 0.15) is 64.7 Å². The number of hydrogen-bond donors (Lipinski definition) is 2. The lowest BCUT2D eigenvalue weighted by molar-refractivity contribution is -0.124. The molecule has 2 aliphatic carbocycles. The third-order valence-electron chi connectivity index (χ3n) is 5.09. The van der Waals surface area contributed by atoms with Crippen molar-refractivity contribution in [3.63, 3.8) is 0 Å². The van der Waals surface area contributed by atoms with Crippen LogP contribution in [0.3, 0.4) is 0 Å². The predicted molar refractivity (Wildman–Crippen MR) is 74.4 cm³/mol. The Morgan fingerprint density at radius 2 is 1.89 bits per heavy atom. The van der Waals surface area contributed by atoms with E-state index in [2.05, 4.69) is 17.6 Å². The van der Waals surface area contributed by atoms with Crippen LogP contribution in [0.15, 0.2) is 0 Å². The van der Waals surface area contributed by atoms with Gasteiger partial charge in [-0.1, -0.05) is 25.7 Å². The molecule has 0 aromatic rings. The van der Waals surface area contributed by atoms with Crippen molar-refractivity contribution in [2.24, 2.45) is 5.92 Å². The van der Waals surface area contributed by atoms with Gasteiger partial charge in [0.05, 0.1) is 0 Å². The van der Waals surface area contributed by atoms with Crippen LogP contribution in [0.2, 0.25) is 0 Å². The molecule has 3 nitrogen and oxygen atoms in total. The summed E-state index contributed by atoms with van der Waals surface area (Å²) in [7, 11) is 2.01. The lowest BCUT2D eigenvalue weighted by Crippen LogP contribution is -2.50. The number of carbonyl (C=O) groups excluding carboxylic acids is 1. The summed E-state index contributed by atoms with van der Waals surface area (Å²) in [6, 6.07) is 0.365. The van der Waals surface area contributed by atoms with E-state index in [9.17, 15) is 4.79 Å². The van der Waals surface area contributed by atoms with Gasteiger partial charge >= 0.3 is 0 Å². The van der Waals surface area contributed by atoms with E-state index < -0.39 is 0 Å². The van der Waals surface area contributed by atoms with Crippen LogP contribution in [0.4, 0.5) is 0 Å². The van der Waals surface area contributed by atoms with E-state index in [0.717, 1.165) is 18.8 Å². The summed E-state index contributed by atoms with van der Waals surface area (Å²) in [5.74, 6) is 0.969. The monoisotopic (exact) mass is 252 g/mol. The lowest BCUT2D eigenvalue weighted by Gasteiger charge is -2.38. The van der Waals surface area contributed by atoms with Crippen LogP contribution in [0, 0.1) is 5.92 Å². The van der Waals surface area contributed by atoms with Gasteiger partial charge in [0, 0.05) is 18.0 Å². The molecule has 1 unspecified atom stereocenters. The molecule has 0 spiro atoms. The topological polar surface area (TPSA) is 41.1 Å². The van der Waals surface area contributed by atoms with Crippen molar-refractivity contribution >= 4 is 5.91 Å². The standard InChI is InChI=1S/C15H28N2O/c1-12(13-7-6-8-13)17-14(18)11-15(16-2)9-4-3-5-10-15/h12-13,16H,3-11H2,1-2H3,(H,17,18). The minimum atomic E-state index is 0.0711. The molecule has 2 rings (SSSR count). The van der Waals surface area contributed by atoms with Crippen molar-refractivity contribution in [3.8, 4) is 0 Å². The van der Waals surface area contributed by atoms with Crippen molar-refractivity contribution < 1.29 is 4.79 Å². The molecule has 2 N–H and O–H groups in total. The van der Waals surface area contributed by atoms with Crippen LogP contribution in [0.25, 0.3) is 0 Å². The lowest BCUT2D eigenvalue weighted by atomic mass is 9.78. The maximum absolute atomic E-state index is 12.2. The molecule has 18 heavy (non-hydrogen) atoms. The maximum atomic E-state index is 12.2. The van der Waals surface area contributed by atoms with Crippen molar-refractivity contribution in [1.29, 1.82) is 0 Å². The molecule has 1 amide bonds. The first-order valence-corrected chi connectivity index (χ1v) is 7.63. The first kappa shape index (κ1) is 13.9. The Bertz CT molecular complexity index is 280. The van der Waals surface area contributed by atoms with Crippen LogP contribution < -0.4 is 10.6 Å². The highest BCUT2D eigenvalue weighted by Crippen LogP contribution is 2.32. The number of hydrogen-bond acceptors (Lipinski definition) is 2. The molecule has 0 aliphatic heterocycles. The van der Waals surface area contributed by atoms with Crippen molar-refractivity contribution in [1.82, 2.24) is 10.6 Å². The Balaban J connectivity index is 1.81. The van der Waals surface area contributed by atoms with E-state index in [4.69, 9.17) is 0 Å². The highest BCUT2D eigenvalue weighted by Gasteiger charge is 2.33. The second kappa shape index (κ2) is 6.05. The normalized spacial score (nSPS) is 25.2. The van der Waals surface area contributed by atoms with E-state index in [-0.39, 0.29) is 11.4 Å².